The molecule has 0 saturated heterocycles. The lowest BCUT2D eigenvalue weighted by molar-refractivity contribution is 0.0759. The van der Waals surface area contributed by atoms with Gasteiger partial charge in [-0.3, -0.25) is 4.79 Å². The van der Waals surface area contributed by atoms with E-state index in [4.69, 9.17) is 11.0 Å². The lowest BCUT2D eigenvalue weighted by Crippen LogP contribution is -2.31. The van der Waals surface area contributed by atoms with Crippen molar-refractivity contribution in [2.75, 3.05) is 12.3 Å². The van der Waals surface area contributed by atoms with Crippen LogP contribution >= 0.6 is 0 Å². The third-order valence-electron chi connectivity index (χ3n) is 2.77. The SMILES string of the molecule is N#CCN(Cc1ccccc1)C(=O)c1ccc(N)cn1. The minimum Gasteiger partial charge on any atom is -0.397 e. The number of hydrogen-bond acceptors (Lipinski definition) is 4. The summed E-state index contributed by atoms with van der Waals surface area (Å²) < 4.78 is 0. The molecular formula is C15H14N4O. The lowest BCUT2D eigenvalue weighted by atomic mass is 10.2. The zero-order valence-electron chi connectivity index (χ0n) is 10.9. The van der Waals surface area contributed by atoms with E-state index in [1.54, 1.807) is 12.1 Å². The summed E-state index contributed by atoms with van der Waals surface area (Å²) in [7, 11) is 0. The Balaban J connectivity index is 2.18. The molecule has 1 amide bonds. The second-order valence-corrected chi connectivity index (χ2v) is 4.28. The molecule has 20 heavy (non-hydrogen) atoms. The Morgan fingerprint density at radius 1 is 1.25 bits per heavy atom. The predicted octanol–water partition coefficient (Wildman–Crippen LogP) is 1.83. The average Bonchev–Trinajstić information content (AvgIpc) is 2.48. The van der Waals surface area contributed by atoms with E-state index in [9.17, 15) is 4.79 Å². The van der Waals surface area contributed by atoms with Gasteiger partial charge in [0, 0.05) is 6.54 Å². The number of nitrogen functional groups attached to an aromatic ring is 1. The number of anilines is 1. The van der Waals surface area contributed by atoms with Gasteiger partial charge in [0.2, 0.25) is 0 Å². The molecule has 2 N–H and O–H groups in total. The van der Waals surface area contributed by atoms with Crippen LogP contribution in [0, 0.1) is 11.3 Å². The van der Waals surface area contributed by atoms with Gasteiger partial charge in [0.15, 0.2) is 0 Å². The zero-order valence-corrected chi connectivity index (χ0v) is 10.9. The first-order chi connectivity index (χ1) is 9.70. The number of carbonyl (C=O) groups excluding carboxylic acids is 1. The van der Waals surface area contributed by atoms with E-state index in [0.29, 0.717) is 12.2 Å². The summed E-state index contributed by atoms with van der Waals surface area (Å²) in [5, 5.41) is 8.87. The van der Waals surface area contributed by atoms with Crippen molar-refractivity contribution < 1.29 is 4.79 Å². The third-order valence-corrected chi connectivity index (χ3v) is 2.77. The first kappa shape index (κ1) is 13.6. The molecule has 0 atom stereocenters. The Kier molecular flexibility index (Phi) is 4.30. The highest BCUT2D eigenvalue weighted by atomic mass is 16.2. The molecule has 5 nitrogen and oxygen atoms in total. The quantitative estimate of drug-likeness (QED) is 0.856. The summed E-state index contributed by atoms with van der Waals surface area (Å²) in [4.78, 5) is 17.8. The van der Waals surface area contributed by atoms with Crippen molar-refractivity contribution in [3.63, 3.8) is 0 Å². The molecule has 0 aliphatic rings. The summed E-state index contributed by atoms with van der Waals surface area (Å²) in [5.74, 6) is -0.282. The second kappa shape index (κ2) is 6.34. The van der Waals surface area contributed by atoms with Gasteiger partial charge in [-0.2, -0.15) is 5.26 Å². The molecule has 0 saturated carbocycles. The number of hydrogen-bond donors (Lipinski definition) is 1. The van der Waals surface area contributed by atoms with Gasteiger partial charge in [0.25, 0.3) is 5.91 Å². The molecule has 0 fully saturated rings. The van der Waals surface area contributed by atoms with Gasteiger partial charge in [-0.15, -0.1) is 0 Å². The maximum Gasteiger partial charge on any atom is 0.273 e. The molecular weight excluding hydrogens is 252 g/mol. The van der Waals surface area contributed by atoms with Gasteiger partial charge in [-0.1, -0.05) is 30.3 Å². The molecule has 5 heteroatoms. The van der Waals surface area contributed by atoms with Gasteiger partial charge in [0.1, 0.15) is 12.2 Å². The van der Waals surface area contributed by atoms with Crippen molar-refractivity contribution in [3.05, 3.63) is 59.9 Å². The van der Waals surface area contributed by atoms with Crippen LogP contribution in [0.25, 0.3) is 0 Å². The molecule has 0 bridgehead atoms. The van der Waals surface area contributed by atoms with Gasteiger partial charge in [-0.25, -0.2) is 4.98 Å². The molecule has 1 heterocycles. The van der Waals surface area contributed by atoms with Crippen molar-refractivity contribution in [3.8, 4) is 6.07 Å². The van der Waals surface area contributed by atoms with Crippen LogP contribution in [0.2, 0.25) is 0 Å². The van der Waals surface area contributed by atoms with Crippen molar-refractivity contribution in [1.29, 1.82) is 5.26 Å². The fourth-order valence-electron chi connectivity index (χ4n) is 1.78. The lowest BCUT2D eigenvalue weighted by Gasteiger charge is -2.19. The van der Waals surface area contributed by atoms with Crippen LogP contribution in [0.4, 0.5) is 5.69 Å². The van der Waals surface area contributed by atoms with Gasteiger partial charge >= 0.3 is 0 Å². The summed E-state index contributed by atoms with van der Waals surface area (Å²) in [6.45, 7) is 0.388. The summed E-state index contributed by atoms with van der Waals surface area (Å²) in [5.41, 5.74) is 7.29. The maximum absolute atomic E-state index is 12.3. The molecule has 2 rings (SSSR count). The van der Waals surface area contributed by atoms with Crippen LogP contribution in [-0.4, -0.2) is 22.3 Å². The van der Waals surface area contributed by atoms with E-state index in [-0.39, 0.29) is 18.1 Å². The number of rotatable bonds is 4. The van der Waals surface area contributed by atoms with Crippen molar-refractivity contribution >= 4 is 11.6 Å². The van der Waals surface area contributed by atoms with E-state index in [2.05, 4.69) is 4.98 Å². The fraction of sp³-hybridized carbons (Fsp3) is 0.133. The number of pyridine rings is 1. The van der Waals surface area contributed by atoms with Crippen LogP contribution in [0.1, 0.15) is 16.1 Å². The standard InChI is InChI=1S/C15H14N4O/c16-8-9-19(11-12-4-2-1-3-5-12)15(20)14-7-6-13(17)10-18-14/h1-7,10H,9,11,17H2. The number of amides is 1. The van der Waals surface area contributed by atoms with E-state index >= 15 is 0 Å². The molecule has 100 valence electrons. The number of benzene rings is 1. The monoisotopic (exact) mass is 266 g/mol. The van der Waals surface area contributed by atoms with E-state index in [1.807, 2.05) is 36.4 Å². The molecule has 1 aromatic carbocycles. The van der Waals surface area contributed by atoms with Gasteiger partial charge in [-0.05, 0) is 17.7 Å². The normalized spacial score (nSPS) is 9.75. The number of nitriles is 1. The van der Waals surface area contributed by atoms with Crippen LogP contribution in [-0.2, 0) is 6.54 Å². The van der Waals surface area contributed by atoms with E-state index in [0.717, 1.165) is 5.56 Å². The topological polar surface area (TPSA) is 83.0 Å². The third kappa shape index (κ3) is 3.33. The van der Waals surface area contributed by atoms with Gasteiger partial charge < -0.3 is 10.6 Å². The molecule has 0 radical (unpaired) electrons. The Morgan fingerprint density at radius 2 is 2.00 bits per heavy atom. The maximum atomic E-state index is 12.3. The summed E-state index contributed by atoms with van der Waals surface area (Å²) >= 11 is 0. The van der Waals surface area contributed by atoms with Crippen molar-refractivity contribution in [2.24, 2.45) is 0 Å². The Hall–Kier alpha value is -2.87. The highest BCUT2D eigenvalue weighted by molar-refractivity contribution is 5.92. The average molecular weight is 266 g/mol. The van der Waals surface area contributed by atoms with Crippen LogP contribution in [0.5, 0.6) is 0 Å². The summed E-state index contributed by atoms with van der Waals surface area (Å²) in [6.07, 6.45) is 1.43. The summed E-state index contributed by atoms with van der Waals surface area (Å²) in [6, 6.07) is 14.7. The number of nitrogens with two attached hydrogens (primary N) is 1. The molecule has 2 aromatic rings. The number of nitrogens with zero attached hydrogens (tertiary/aromatic N) is 3. The minimum atomic E-state index is -0.282. The van der Waals surface area contributed by atoms with Crippen LogP contribution < -0.4 is 5.73 Å². The van der Waals surface area contributed by atoms with Gasteiger partial charge in [0.05, 0.1) is 18.0 Å². The van der Waals surface area contributed by atoms with E-state index in [1.165, 1.54) is 11.1 Å². The first-order valence-electron chi connectivity index (χ1n) is 6.12. The molecule has 1 aromatic heterocycles. The number of carbonyl (C=O) groups is 1. The van der Waals surface area contributed by atoms with Crippen LogP contribution in [0.3, 0.4) is 0 Å². The first-order valence-corrected chi connectivity index (χ1v) is 6.12. The fourth-order valence-corrected chi connectivity index (χ4v) is 1.78. The molecule has 0 aliphatic heterocycles. The zero-order chi connectivity index (χ0) is 14.4. The Labute approximate surface area is 117 Å². The van der Waals surface area contributed by atoms with Crippen molar-refractivity contribution in [1.82, 2.24) is 9.88 Å². The highest BCUT2D eigenvalue weighted by Crippen LogP contribution is 2.09. The molecule has 0 aliphatic carbocycles. The van der Waals surface area contributed by atoms with Crippen LogP contribution in [0.15, 0.2) is 48.7 Å². The van der Waals surface area contributed by atoms with Crippen molar-refractivity contribution in [2.45, 2.75) is 6.54 Å². The number of aromatic nitrogens is 1. The second-order valence-electron chi connectivity index (χ2n) is 4.28. The largest absolute Gasteiger partial charge is 0.397 e. The highest BCUT2D eigenvalue weighted by Gasteiger charge is 2.16. The smallest absolute Gasteiger partial charge is 0.273 e. The minimum absolute atomic E-state index is 0.0137. The Morgan fingerprint density at radius 3 is 2.60 bits per heavy atom. The Bertz CT molecular complexity index is 617. The molecule has 0 spiro atoms. The van der Waals surface area contributed by atoms with E-state index < -0.39 is 0 Å². The molecule has 0 unspecified atom stereocenters. The predicted molar refractivity (Wildman–Crippen MR) is 75.4 cm³/mol.